The van der Waals surface area contributed by atoms with Gasteiger partial charge in [0.2, 0.25) is 0 Å². The van der Waals surface area contributed by atoms with Crippen LogP contribution in [0.25, 0.3) is 0 Å². The Labute approximate surface area is 302 Å². The van der Waals surface area contributed by atoms with E-state index >= 15 is 0 Å². The lowest BCUT2D eigenvalue weighted by atomic mass is 10.0. The Morgan fingerprint density at radius 1 is 0.510 bits per heavy atom. The molecule has 0 spiro atoms. The lowest BCUT2D eigenvalue weighted by Gasteiger charge is -2.18. The molecule has 0 aliphatic carbocycles. The van der Waals surface area contributed by atoms with Gasteiger partial charge in [0, 0.05) is 12.8 Å². The van der Waals surface area contributed by atoms with Gasteiger partial charge in [-0.25, -0.2) is 4.57 Å². The molecule has 0 aromatic carbocycles. The van der Waals surface area contributed by atoms with Crippen LogP contribution in [-0.2, 0) is 28.2 Å². The maximum Gasteiger partial charge on any atom is 0.469 e. The van der Waals surface area contributed by atoms with Gasteiger partial charge in [0.1, 0.15) is 6.61 Å². The molecule has 0 rings (SSSR count). The largest absolute Gasteiger partial charge is 0.469 e. The standard InChI is InChI=1S/C40H79O8P/c1-4-5-6-7-8-9-10-11-12-13-14-15-18-21-24-27-30-33-39(41)46-35-38(36-47-49(43,44)45)48-40(42)34-31-28-25-22-19-16-17-20-23-26-29-32-37(2)3/h37-38H,4-36H2,1-3H3,(H2,43,44,45)/t38-/m1/s1. The maximum absolute atomic E-state index is 12.4. The van der Waals surface area contributed by atoms with Crippen LogP contribution in [0.4, 0.5) is 0 Å². The highest BCUT2D eigenvalue weighted by Crippen LogP contribution is 2.36. The highest BCUT2D eigenvalue weighted by Gasteiger charge is 2.22. The molecule has 2 N–H and O–H groups in total. The summed E-state index contributed by atoms with van der Waals surface area (Å²) in [6.07, 6.45) is 35.4. The third-order valence-corrected chi connectivity index (χ3v) is 9.79. The van der Waals surface area contributed by atoms with Gasteiger partial charge in [-0.15, -0.1) is 0 Å². The summed E-state index contributed by atoms with van der Waals surface area (Å²) >= 11 is 0. The van der Waals surface area contributed by atoms with Gasteiger partial charge in [0.15, 0.2) is 6.10 Å². The zero-order chi connectivity index (χ0) is 36.3. The summed E-state index contributed by atoms with van der Waals surface area (Å²) in [5.41, 5.74) is 0. The first-order valence-corrected chi connectivity index (χ1v) is 22.2. The normalized spacial score (nSPS) is 12.4. The topological polar surface area (TPSA) is 119 Å². The Bertz CT molecular complexity index is 784. The highest BCUT2D eigenvalue weighted by atomic mass is 31.2. The average Bonchev–Trinajstić information content (AvgIpc) is 3.05. The van der Waals surface area contributed by atoms with Crippen molar-refractivity contribution < 1.29 is 37.9 Å². The van der Waals surface area contributed by atoms with Gasteiger partial charge in [-0.2, -0.15) is 0 Å². The molecular formula is C40H79O8P. The van der Waals surface area contributed by atoms with Crippen molar-refractivity contribution in [1.29, 1.82) is 0 Å². The first kappa shape index (κ1) is 48.0. The second-order valence-electron chi connectivity index (χ2n) is 14.8. The van der Waals surface area contributed by atoms with Crippen LogP contribution in [0.5, 0.6) is 0 Å². The maximum atomic E-state index is 12.4. The quantitative estimate of drug-likeness (QED) is 0.0368. The van der Waals surface area contributed by atoms with Crippen LogP contribution in [0.15, 0.2) is 0 Å². The van der Waals surface area contributed by atoms with Gasteiger partial charge in [0.05, 0.1) is 6.61 Å². The Kier molecular flexibility index (Phi) is 34.8. The van der Waals surface area contributed by atoms with E-state index in [9.17, 15) is 14.2 Å². The molecule has 0 radical (unpaired) electrons. The third kappa shape index (κ3) is 39.7. The van der Waals surface area contributed by atoms with Crippen molar-refractivity contribution in [3.8, 4) is 0 Å². The highest BCUT2D eigenvalue weighted by molar-refractivity contribution is 7.46. The molecule has 0 saturated carbocycles. The monoisotopic (exact) mass is 719 g/mol. The first-order valence-electron chi connectivity index (χ1n) is 20.7. The molecule has 0 bridgehead atoms. The van der Waals surface area contributed by atoms with Crippen LogP contribution >= 0.6 is 7.82 Å². The number of unbranched alkanes of at least 4 members (excludes halogenated alkanes) is 26. The lowest BCUT2D eigenvalue weighted by Crippen LogP contribution is -2.29. The summed E-state index contributed by atoms with van der Waals surface area (Å²) in [6.45, 7) is 6.03. The van der Waals surface area contributed by atoms with E-state index in [1.54, 1.807) is 0 Å². The van der Waals surface area contributed by atoms with Gasteiger partial charge in [0.25, 0.3) is 0 Å². The van der Waals surface area contributed by atoms with Gasteiger partial charge in [-0.05, 0) is 18.8 Å². The zero-order valence-corrected chi connectivity index (χ0v) is 33.2. The summed E-state index contributed by atoms with van der Waals surface area (Å²) in [7, 11) is -4.74. The first-order chi connectivity index (χ1) is 23.6. The van der Waals surface area contributed by atoms with Crippen LogP contribution in [0.3, 0.4) is 0 Å². The molecule has 0 saturated heterocycles. The number of carbonyl (C=O) groups excluding carboxylic acids is 2. The number of ether oxygens (including phenoxy) is 2. The molecule has 0 aromatic rings. The Morgan fingerprint density at radius 3 is 1.22 bits per heavy atom. The molecular weight excluding hydrogens is 639 g/mol. The number of hydrogen-bond acceptors (Lipinski definition) is 6. The van der Waals surface area contributed by atoms with Crippen molar-refractivity contribution in [3.05, 3.63) is 0 Å². The Balaban J connectivity index is 3.87. The number of esters is 2. The van der Waals surface area contributed by atoms with E-state index in [4.69, 9.17) is 19.3 Å². The van der Waals surface area contributed by atoms with Crippen LogP contribution in [0.1, 0.15) is 220 Å². The van der Waals surface area contributed by atoms with Crippen LogP contribution in [-0.4, -0.2) is 41.0 Å². The smallest absolute Gasteiger partial charge is 0.462 e. The predicted molar refractivity (Wildman–Crippen MR) is 202 cm³/mol. The van der Waals surface area contributed by atoms with Gasteiger partial charge < -0.3 is 19.3 Å². The second kappa shape index (κ2) is 35.5. The minimum Gasteiger partial charge on any atom is -0.462 e. The number of carbonyl (C=O) groups is 2. The van der Waals surface area contributed by atoms with Gasteiger partial charge in [-0.1, -0.05) is 194 Å². The predicted octanol–water partition coefficient (Wildman–Crippen LogP) is 12.3. The van der Waals surface area contributed by atoms with E-state index in [1.807, 2.05) is 0 Å². The van der Waals surface area contributed by atoms with Crippen LogP contribution < -0.4 is 0 Å². The summed E-state index contributed by atoms with van der Waals surface area (Å²) in [4.78, 5) is 42.8. The minimum atomic E-state index is -4.74. The summed E-state index contributed by atoms with van der Waals surface area (Å²) in [6, 6.07) is 0. The van der Waals surface area contributed by atoms with E-state index < -0.39 is 32.5 Å². The zero-order valence-electron chi connectivity index (χ0n) is 32.3. The number of rotatable bonds is 38. The van der Waals surface area contributed by atoms with Gasteiger partial charge in [-0.3, -0.25) is 14.1 Å². The van der Waals surface area contributed by atoms with Crippen molar-refractivity contribution in [2.45, 2.75) is 226 Å². The molecule has 0 heterocycles. The van der Waals surface area contributed by atoms with Crippen molar-refractivity contribution in [2.24, 2.45) is 5.92 Å². The fourth-order valence-electron chi connectivity index (χ4n) is 6.21. The van der Waals surface area contributed by atoms with Crippen molar-refractivity contribution in [1.82, 2.24) is 0 Å². The lowest BCUT2D eigenvalue weighted by molar-refractivity contribution is -0.161. The average molecular weight is 719 g/mol. The molecule has 49 heavy (non-hydrogen) atoms. The molecule has 0 aliphatic heterocycles. The van der Waals surface area contributed by atoms with Crippen molar-refractivity contribution in [2.75, 3.05) is 13.2 Å². The minimum absolute atomic E-state index is 0.218. The summed E-state index contributed by atoms with van der Waals surface area (Å²) in [5, 5.41) is 0. The molecule has 1 atom stereocenters. The van der Waals surface area contributed by atoms with Crippen LogP contribution in [0, 0.1) is 5.92 Å². The molecule has 0 aromatic heterocycles. The molecule has 0 aliphatic rings. The summed E-state index contributed by atoms with van der Waals surface area (Å²) in [5.74, 6) is -0.0618. The fourth-order valence-corrected chi connectivity index (χ4v) is 6.57. The molecule has 0 unspecified atom stereocenters. The van der Waals surface area contributed by atoms with Crippen molar-refractivity contribution in [3.63, 3.8) is 0 Å². The Morgan fingerprint density at radius 2 is 0.857 bits per heavy atom. The van der Waals surface area contributed by atoms with E-state index in [-0.39, 0.29) is 19.4 Å². The molecule has 0 fully saturated rings. The SMILES string of the molecule is CCCCCCCCCCCCCCCCCCCC(=O)OC[C@H](COP(=O)(O)O)OC(=O)CCCCCCCCCCCCCC(C)C. The van der Waals surface area contributed by atoms with E-state index in [1.165, 1.54) is 141 Å². The number of hydrogen-bond donors (Lipinski definition) is 2. The number of phosphoric acid groups is 1. The number of phosphoric ester groups is 1. The fraction of sp³-hybridized carbons (Fsp3) is 0.950. The molecule has 0 amide bonds. The van der Waals surface area contributed by atoms with E-state index in [2.05, 4.69) is 25.3 Å². The third-order valence-electron chi connectivity index (χ3n) is 9.30. The summed E-state index contributed by atoms with van der Waals surface area (Å²) < 4.78 is 26.4. The molecule has 8 nitrogen and oxygen atoms in total. The van der Waals surface area contributed by atoms with Gasteiger partial charge >= 0.3 is 19.8 Å². The molecule has 9 heteroatoms. The van der Waals surface area contributed by atoms with Crippen LogP contribution in [0.2, 0.25) is 0 Å². The molecule has 292 valence electrons. The van der Waals surface area contributed by atoms with E-state index in [0.717, 1.165) is 44.4 Å². The Hall–Kier alpha value is -0.950. The van der Waals surface area contributed by atoms with E-state index in [0.29, 0.717) is 6.42 Å². The second-order valence-corrected chi connectivity index (χ2v) is 16.0. The van der Waals surface area contributed by atoms with Crippen molar-refractivity contribution >= 4 is 19.8 Å².